The molecule has 0 radical (unpaired) electrons. The number of H-pyrrole nitrogens is 1. The summed E-state index contributed by atoms with van der Waals surface area (Å²) < 4.78 is 14.0. The molecule has 21 heavy (non-hydrogen) atoms. The number of aromatic amines is 1. The molecule has 6 heteroatoms. The zero-order valence-corrected chi connectivity index (χ0v) is 12.2. The summed E-state index contributed by atoms with van der Waals surface area (Å²) in [5.74, 6) is -0.168. The van der Waals surface area contributed by atoms with Crippen LogP contribution in [0.25, 0.3) is 22.4 Å². The highest BCUT2D eigenvalue weighted by Gasteiger charge is 2.19. The van der Waals surface area contributed by atoms with Gasteiger partial charge in [0, 0.05) is 16.1 Å². The maximum atomic E-state index is 14.0. The van der Waals surface area contributed by atoms with Crippen molar-refractivity contribution in [1.82, 2.24) is 10.2 Å². The number of benzene rings is 2. The van der Waals surface area contributed by atoms with Gasteiger partial charge in [-0.15, -0.1) is 0 Å². The van der Waals surface area contributed by atoms with Gasteiger partial charge in [-0.2, -0.15) is 5.10 Å². The molecule has 0 aliphatic heterocycles. The minimum Gasteiger partial charge on any atom is -0.382 e. The molecule has 3 aromatic rings. The van der Waals surface area contributed by atoms with Gasteiger partial charge in [-0.05, 0) is 24.3 Å². The van der Waals surface area contributed by atoms with Gasteiger partial charge in [-0.1, -0.05) is 41.4 Å². The largest absolute Gasteiger partial charge is 0.382 e. The number of hydrogen-bond acceptors (Lipinski definition) is 2. The van der Waals surface area contributed by atoms with E-state index in [0.29, 0.717) is 32.4 Å². The Morgan fingerprint density at radius 3 is 2.52 bits per heavy atom. The van der Waals surface area contributed by atoms with Crippen molar-refractivity contribution in [3.8, 4) is 22.4 Å². The van der Waals surface area contributed by atoms with Crippen molar-refractivity contribution in [2.75, 3.05) is 5.73 Å². The molecular formula is C15H10Cl2FN3. The van der Waals surface area contributed by atoms with Crippen LogP contribution in [0.5, 0.6) is 0 Å². The predicted molar refractivity (Wildman–Crippen MR) is 83.9 cm³/mol. The molecule has 0 amide bonds. The lowest BCUT2D eigenvalue weighted by atomic mass is 10.0. The zero-order chi connectivity index (χ0) is 15.0. The van der Waals surface area contributed by atoms with Gasteiger partial charge < -0.3 is 5.73 Å². The number of anilines is 1. The molecular weight excluding hydrogens is 312 g/mol. The topological polar surface area (TPSA) is 54.7 Å². The first-order valence-electron chi connectivity index (χ1n) is 6.12. The van der Waals surface area contributed by atoms with Crippen LogP contribution in [-0.4, -0.2) is 10.2 Å². The quantitative estimate of drug-likeness (QED) is 0.714. The first kappa shape index (κ1) is 13.9. The third-order valence-corrected chi connectivity index (χ3v) is 3.69. The average molecular weight is 322 g/mol. The van der Waals surface area contributed by atoms with Crippen LogP contribution in [0.3, 0.4) is 0 Å². The van der Waals surface area contributed by atoms with E-state index in [-0.39, 0.29) is 11.6 Å². The van der Waals surface area contributed by atoms with Crippen molar-refractivity contribution in [3.63, 3.8) is 0 Å². The van der Waals surface area contributed by atoms with E-state index >= 15 is 0 Å². The molecule has 3 nitrogen and oxygen atoms in total. The highest BCUT2D eigenvalue weighted by atomic mass is 35.5. The molecule has 106 valence electrons. The first-order valence-corrected chi connectivity index (χ1v) is 6.87. The maximum Gasteiger partial charge on any atom is 0.153 e. The van der Waals surface area contributed by atoms with Crippen molar-refractivity contribution in [1.29, 1.82) is 0 Å². The van der Waals surface area contributed by atoms with Crippen LogP contribution in [0.1, 0.15) is 0 Å². The van der Waals surface area contributed by atoms with Crippen molar-refractivity contribution in [3.05, 3.63) is 58.3 Å². The summed E-state index contributed by atoms with van der Waals surface area (Å²) in [6.45, 7) is 0. The second-order valence-corrected chi connectivity index (χ2v) is 5.31. The number of nitrogen functional groups attached to an aromatic ring is 1. The summed E-state index contributed by atoms with van der Waals surface area (Å²) in [4.78, 5) is 0. The monoisotopic (exact) mass is 321 g/mol. The standard InChI is InChI=1S/C15H10Cl2FN3/c16-8-5-6-9(11(17)7-8)14-13(15(19)21-20-14)10-3-1-2-4-12(10)18/h1-7H,(H3,19,20,21). The molecule has 0 saturated carbocycles. The van der Waals surface area contributed by atoms with E-state index in [1.807, 2.05) is 0 Å². The van der Waals surface area contributed by atoms with Gasteiger partial charge in [0.05, 0.1) is 16.3 Å². The molecule has 0 bridgehead atoms. The number of nitrogens with one attached hydrogen (secondary N) is 1. The van der Waals surface area contributed by atoms with Crippen LogP contribution >= 0.6 is 23.2 Å². The maximum absolute atomic E-state index is 14.0. The number of nitrogens with zero attached hydrogens (tertiary/aromatic N) is 1. The fourth-order valence-corrected chi connectivity index (χ4v) is 2.68. The molecule has 0 aliphatic carbocycles. The summed E-state index contributed by atoms with van der Waals surface area (Å²) >= 11 is 12.1. The predicted octanol–water partition coefficient (Wildman–Crippen LogP) is 4.77. The van der Waals surface area contributed by atoms with Crippen LogP contribution in [0, 0.1) is 5.82 Å². The van der Waals surface area contributed by atoms with E-state index in [1.165, 1.54) is 6.07 Å². The van der Waals surface area contributed by atoms with E-state index < -0.39 is 0 Å². The van der Waals surface area contributed by atoms with Crippen LogP contribution in [0.15, 0.2) is 42.5 Å². The van der Waals surface area contributed by atoms with Gasteiger partial charge in [0.1, 0.15) is 5.82 Å². The lowest BCUT2D eigenvalue weighted by Gasteiger charge is -2.07. The Morgan fingerprint density at radius 2 is 1.81 bits per heavy atom. The summed E-state index contributed by atoms with van der Waals surface area (Å²) in [6.07, 6.45) is 0. The molecule has 0 aliphatic rings. The van der Waals surface area contributed by atoms with Crippen molar-refractivity contribution in [2.24, 2.45) is 0 Å². The number of halogens is 3. The Balaban J connectivity index is 2.25. The van der Waals surface area contributed by atoms with E-state index in [4.69, 9.17) is 28.9 Å². The Morgan fingerprint density at radius 1 is 1.05 bits per heavy atom. The third kappa shape index (κ3) is 2.48. The molecule has 3 N–H and O–H groups in total. The Bertz CT molecular complexity index is 814. The van der Waals surface area contributed by atoms with Crippen molar-refractivity contribution >= 4 is 29.0 Å². The summed E-state index contributed by atoms with van der Waals surface area (Å²) in [5.41, 5.74) is 7.94. The highest BCUT2D eigenvalue weighted by molar-refractivity contribution is 6.36. The number of hydrogen-bond donors (Lipinski definition) is 2. The number of aromatic nitrogens is 2. The molecule has 0 fully saturated rings. The summed E-state index contributed by atoms with van der Waals surface area (Å²) in [6, 6.07) is 11.4. The molecule has 0 saturated heterocycles. The fraction of sp³-hybridized carbons (Fsp3) is 0. The normalized spacial score (nSPS) is 10.8. The van der Waals surface area contributed by atoms with E-state index in [1.54, 1.807) is 36.4 Å². The Hall–Kier alpha value is -2.04. The number of rotatable bonds is 2. The van der Waals surface area contributed by atoms with E-state index in [0.717, 1.165) is 0 Å². The minimum atomic E-state index is -0.378. The Kier molecular flexibility index (Phi) is 3.57. The van der Waals surface area contributed by atoms with Gasteiger partial charge in [0.25, 0.3) is 0 Å². The summed E-state index contributed by atoms with van der Waals surface area (Å²) in [5, 5.41) is 7.73. The molecule has 1 heterocycles. The van der Waals surface area contributed by atoms with E-state index in [2.05, 4.69) is 10.2 Å². The minimum absolute atomic E-state index is 0.209. The van der Waals surface area contributed by atoms with Crippen molar-refractivity contribution < 1.29 is 4.39 Å². The molecule has 2 aromatic carbocycles. The molecule has 1 aromatic heterocycles. The molecule has 0 spiro atoms. The van der Waals surface area contributed by atoms with Crippen LogP contribution < -0.4 is 5.73 Å². The fourth-order valence-electron chi connectivity index (χ4n) is 2.18. The molecule has 3 rings (SSSR count). The smallest absolute Gasteiger partial charge is 0.153 e. The van der Waals surface area contributed by atoms with Gasteiger partial charge in [-0.25, -0.2) is 4.39 Å². The van der Waals surface area contributed by atoms with Gasteiger partial charge in [-0.3, -0.25) is 5.10 Å². The third-order valence-electron chi connectivity index (χ3n) is 3.14. The lowest BCUT2D eigenvalue weighted by molar-refractivity contribution is 0.631. The highest BCUT2D eigenvalue weighted by Crippen LogP contribution is 2.39. The second-order valence-electron chi connectivity index (χ2n) is 4.46. The zero-order valence-electron chi connectivity index (χ0n) is 10.7. The number of nitrogens with two attached hydrogens (primary N) is 1. The van der Waals surface area contributed by atoms with Crippen LogP contribution in [-0.2, 0) is 0 Å². The SMILES string of the molecule is Nc1n[nH]c(-c2ccc(Cl)cc2Cl)c1-c1ccccc1F. The molecule has 0 atom stereocenters. The van der Waals surface area contributed by atoms with E-state index in [9.17, 15) is 4.39 Å². The van der Waals surface area contributed by atoms with Crippen molar-refractivity contribution in [2.45, 2.75) is 0 Å². The average Bonchev–Trinajstić information content (AvgIpc) is 2.81. The second kappa shape index (κ2) is 5.39. The van der Waals surface area contributed by atoms with Gasteiger partial charge in [0.2, 0.25) is 0 Å². The van der Waals surface area contributed by atoms with Crippen LogP contribution in [0.4, 0.5) is 10.2 Å². The van der Waals surface area contributed by atoms with Gasteiger partial charge in [0.15, 0.2) is 5.82 Å². The lowest BCUT2D eigenvalue weighted by Crippen LogP contribution is -1.91. The Labute approximate surface area is 130 Å². The van der Waals surface area contributed by atoms with Gasteiger partial charge >= 0.3 is 0 Å². The first-order chi connectivity index (χ1) is 10.1. The van der Waals surface area contributed by atoms with Crippen LogP contribution in [0.2, 0.25) is 10.0 Å². The summed E-state index contributed by atoms with van der Waals surface area (Å²) in [7, 11) is 0. The molecule has 0 unspecified atom stereocenters.